The van der Waals surface area contributed by atoms with Gasteiger partial charge in [-0.1, -0.05) is 6.42 Å². The second-order valence-corrected chi connectivity index (χ2v) is 7.14. The van der Waals surface area contributed by atoms with Gasteiger partial charge in [0.2, 0.25) is 0 Å². The number of thiocarbonyl (C=S) groups is 1. The highest BCUT2D eigenvalue weighted by atomic mass is 32.1. The van der Waals surface area contributed by atoms with Crippen molar-refractivity contribution in [3.05, 3.63) is 0 Å². The maximum absolute atomic E-state index is 5.64. The van der Waals surface area contributed by atoms with Crippen LogP contribution in [0, 0.1) is 0 Å². The van der Waals surface area contributed by atoms with Crippen LogP contribution < -0.4 is 5.32 Å². The van der Waals surface area contributed by atoms with Crippen molar-refractivity contribution >= 4 is 17.3 Å². The molecule has 0 aromatic carbocycles. The summed E-state index contributed by atoms with van der Waals surface area (Å²) in [5.41, 5.74) is 0. The first-order valence-corrected chi connectivity index (χ1v) is 9.03. The molecule has 1 N–H and O–H groups in total. The molecule has 3 fully saturated rings. The Balaban J connectivity index is 1.47. The predicted molar refractivity (Wildman–Crippen MR) is 88.0 cm³/mol. The molecule has 2 heterocycles. The Labute approximate surface area is 129 Å². The Morgan fingerprint density at radius 3 is 2.45 bits per heavy atom. The summed E-state index contributed by atoms with van der Waals surface area (Å²) in [7, 11) is 0. The smallest absolute Gasteiger partial charge is 0.169 e. The maximum atomic E-state index is 5.64. The van der Waals surface area contributed by atoms with Crippen LogP contribution in [0.1, 0.15) is 57.8 Å². The molecule has 20 heavy (non-hydrogen) atoms. The van der Waals surface area contributed by atoms with E-state index in [0.717, 1.165) is 5.11 Å². The molecule has 0 amide bonds. The van der Waals surface area contributed by atoms with Crippen LogP contribution in [-0.2, 0) is 0 Å². The van der Waals surface area contributed by atoms with Gasteiger partial charge in [-0.25, -0.2) is 0 Å². The van der Waals surface area contributed by atoms with Crippen molar-refractivity contribution in [3.63, 3.8) is 0 Å². The zero-order valence-corrected chi connectivity index (χ0v) is 13.5. The monoisotopic (exact) mass is 295 g/mol. The topological polar surface area (TPSA) is 18.5 Å². The van der Waals surface area contributed by atoms with Gasteiger partial charge in [-0.05, 0) is 76.7 Å². The number of likely N-dealkylation sites (tertiary alicyclic amines) is 2. The molecule has 3 aliphatic rings. The van der Waals surface area contributed by atoms with E-state index in [1.54, 1.807) is 0 Å². The van der Waals surface area contributed by atoms with E-state index in [1.807, 2.05) is 0 Å². The molecule has 0 aromatic rings. The summed E-state index contributed by atoms with van der Waals surface area (Å²) in [6.07, 6.45) is 12.2. The van der Waals surface area contributed by atoms with Crippen molar-refractivity contribution in [2.75, 3.05) is 26.2 Å². The lowest BCUT2D eigenvalue weighted by molar-refractivity contribution is 0.174. The van der Waals surface area contributed by atoms with Crippen LogP contribution >= 0.6 is 12.2 Å². The zero-order valence-electron chi connectivity index (χ0n) is 12.6. The number of nitrogens with one attached hydrogen (secondary N) is 1. The molecule has 0 bridgehead atoms. The van der Waals surface area contributed by atoms with Gasteiger partial charge in [-0.2, -0.15) is 0 Å². The fourth-order valence-electron chi connectivity index (χ4n) is 3.57. The average molecular weight is 295 g/mol. The van der Waals surface area contributed by atoms with Gasteiger partial charge < -0.3 is 15.1 Å². The Bertz CT molecular complexity index is 324. The van der Waals surface area contributed by atoms with Gasteiger partial charge in [-0.3, -0.25) is 0 Å². The van der Waals surface area contributed by atoms with E-state index in [2.05, 4.69) is 15.1 Å². The third-order valence-corrected chi connectivity index (χ3v) is 5.37. The SMILES string of the molecule is S=C(NC1CC1)N1CCCC[C@@H]1CCN1CCCCC1. The molecule has 3 rings (SSSR count). The van der Waals surface area contributed by atoms with Gasteiger partial charge in [0.15, 0.2) is 5.11 Å². The maximum Gasteiger partial charge on any atom is 0.169 e. The number of rotatable bonds is 4. The molecule has 2 aliphatic heterocycles. The Morgan fingerprint density at radius 1 is 0.950 bits per heavy atom. The summed E-state index contributed by atoms with van der Waals surface area (Å²) in [6.45, 7) is 5.07. The van der Waals surface area contributed by atoms with E-state index in [9.17, 15) is 0 Å². The summed E-state index contributed by atoms with van der Waals surface area (Å²) in [4.78, 5) is 5.16. The van der Waals surface area contributed by atoms with E-state index in [0.29, 0.717) is 12.1 Å². The van der Waals surface area contributed by atoms with Gasteiger partial charge in [-0.15, -0.1) is 0 Å². The molecular formula is C16H29N3S. The zero-order chi connectivity index (χ0) is 13.8. The first-order valence-electron chi connectivity index (χ1n) is 8.62. The lowest BCUT2D eigenvalue weighted by Gasteiger charge is -2.39. The van der Waals surface area contributed by atoms with E-state index in [4.69, 9.17) is 12.2 Å². The third kappa shape index (κ3) is 4.08. The minimum Gasteiger partial charge on any atom is -0.360 e. The average Bonchev–Trinajstić information content (AvgIpc) is 3.30. The minimum absolute atomic E-state index is 0.685. The van der Waals surface area contributed by atoms with Crippen molar-refractivity contribution in [1.29, 1.82) is 0 Å². The van der Waals surface area contributed by atoms with E-state index >= 15 is 0 Å². The summed E-state index contributed by atoms with van der Waals surface area (Å²) < 4.78 is 0. The van der Waals surface area contributed by atoms with Gasteiger partial charge in [0.25, 0.3) is 0 Å². The van der Waals surface area contributed by atoms with Gasteiger partial charge in [0.05, 0.1) is 0 Å². The number of hydrogen-bond acceptors (Lipinski definition) is 2. The van der Waals surface area contributed by atoms with Crippen molar-refractivity contribution in [3.8, 4) is 0 Å². The van der Waals surface area contributed by atoms with Crippen molar-refractivity contribution in [2.24, 2.45) is 0 Å². The molecule has 3 nitrogen and oxygen atoms in total. The first-order chi connectivity index (χ1) is 9.83. The van der Waals surface area contributed by atoms with Gasteiger partial charge in [0, 0.05) is 25.2 Å². The highest BCUT2D eigenvalue weighted by Gasteiger charge is 2.29. The van der Waals surface area contributed by atoms with Crippen LogP contribution in [0.15, 0.2) is 0 Å². The van der Waals surface area contributed by atoms with Crippen LogP contribution in [0.25, 0.3) is 0 Å². The normalized spacial score (nSPS) is 28.4. The van der Waals surface area contributed by atoms with E-state index in [1.165, 1.54) is 84.0 Å². The standard InChI is InChI=1S/C16H29N3S/c20-16(17-14-7-8-14)19-12-5-2-6-15(19)9-13-18-10-3-1-4-11-18/h14-15H,1-13H2,(H,17,20)/t15-/m1/s1. The highest BCUT2D eigenvalue weighted by Crippen LogP contribution is 2.24. The molecule has 0 unspecified atom stereocenters. The third-order valence-electron chi connectivity index (χ3n) is 5.02. The largest absolute Gasteiger partial charge is 0.360 e. The lowest BCUT2D eigenvalue weighted by atomic mass is 9.99. The van der Waals surface area contributed by atoms with Crippen molar-refractivity contribution in [1.82, 2.24) is 15.1 Å². The van der Waals surface area contributed by atoms with Crippen LogP contribution in [0.4, 0.5) is 0 Å². The molecule has 1 saturated carbocycles. The van der Waals surface area contributed by atoms with Crippen LogP contribution in [0.3, 0.4) is 0 Å². The first kappa shape index (κ1) is 14.6. The fourth-order valence-corrected chi connectivity index (χ4v) is 3.97. The number of piperidine rings is 2. The Hall–Kier alpha value is -0.350. The number of nitrogens with zero attached hydrogens (tertiary/aromatic N) is 2. The van der Waals surface area contributed by atoms with Crippen molar-refractivity contribution < 1.29 is 0 Å². The predicted octanol–water partition coefficient (Wildman–Crippen LogP) is 2.75. The molecule has 114 valence electrons. The second kappa shape index (κ2) is 7.08. The van der Waals surface area contributed by atoms with Gasteiger partial charge >= 0.3 is 0 Å². The summed E-state index contributed by atoms with van der Waals surface area (Å²) >= 11 is 5.64. The fraction of sp³-hybridized carbons (Fsp3) is 0.938. The van der Waals surface area contributed by atoms with Crippen molar-refractivity contribution in [2.45, 2.75) is 69.9 Å². The Kier molecular flexibility index (Phi) is 5.16. The highest BCUT2D eigenvalue weighted by molar-refractivity contribution is 7.80. The molecule has 1 atom stereocenters. The van der Waals surface area contributed by atoms with E-state index in [-0.39, 0.29) is 0 Å². The molecule has 0 spiro atoms. The molecule has 0 aromatic heterocycles. The molecule has 0 radical (unpaired) electrons. The summed E-state index contributed by atoms with van der Waals surface area (Å²) in [6, 6.07) is 1.37. The lowest BCUT2D eigenvalue weighted by Crippen LogP contribution is -2.50. The van der Waals surface area contributed by atoms with Gasteiger partial charge in [0.1, 0.15) is 0 Å². The second-order valence-electron chi connectivity index (χ2n) is 6.76. The van der Waals surface area contributed by atoms with Crippen LogP contribution in [0.5, 0.6) is 0 Å². The molecule has 1 aliphatic carbocycles. The van der Waals surface area contributed by atoms with Crippen LogP contribution in [-0.4, -0.2) is 53.2 Å². The summed E-state index contributed by atoms with van der Waals surface area (Å²) in [5, 5.41) is 4.57. The Morgan fingerprint density at radius 2 is 1.70 bits per heavy atom. The molecular weight excluding hydrogens is 266 g/mol. The summed E-state index contributed by atoms with van der Waals surface area (Å²) in [5.74, 6) is 0. The minimum atomic E-state index is 0.685. The number of hydrogen-bond donors (Lipinski definition) is 1. The molecule has 2 saturated heterocycles. The quantitative estimate of drug-likeness (QED) is 0.804. The molecule has 4 heteroatoms. The van der Waals surface area contributed by atoms with Crippen LogP contribution in [0.2, 0.25) is 0 Å². The van der Waals surface area contributed by atoms with E-state index < -0.39 is 0 Å².